The molecule has 1 aliphatic heterocycles. The number of carbonyl (C=O) groups excluding carboxylic acids is 3. The van der Waals surface area contributed by atoms with E-state index in [0.29, 0.717) is 0 Å². The standard InChI is InChI=1S/C13H20N2O3/c1-4-8-6-7-9(5-2)13(8)10(16)14-12(18)15(3)11(13)17/h8-9H,4-7H2,1-3H3,(H,14,16,18). The summed E-state index contributed by atoms with van der Waals surface area (Å²) in [6, 6.07) is -0.604. The van der Waals surface area contributed by atoms with Crippen LogP contribution in [0, 0.1) is 17.3 Å². The molecule has 1 heterocycles. The molecule has 1 N–H and O–H groups in total. The first kappa shape index (κ1) is 13.1. The molecule has 1 aliphatic carbocycles. The number of imide groups is 2. The lowest BCUT2D eigenvalue weighted by Crippen LogP contribution is -2.65. The molecule has 5 heteroatoms. The van der Waals surface area contributed by atoms with Gasteiger partial charge in [0.05, 0.1) is 0 Å². The van der Waals surface area contributed by atoms with E-state index in [-0.39, 0.29) is 23.7 Å². The molecule has 1 spiro atoms. The predicted molar refractivity (Wildman–Crippen MR) is 65.5 cm³/mol. The molecule has 0 aromatic carbocycles. The smallest absolute Gasteiger partial charge is 0.277 e. The molecular weight excluding hydrogens is 232 g/mol. The van der Waals surface area contributed by atoms with Crippen LogP contribution in [-0.2, 0) is 9.59 Å². The zero-order valence-corrected chi connectivity index (χ0v) is 11.2. The highest BCUT2D eigenvalue weighted by Crippen LogP contribution is 2.53. The normalized spacial score (nSPS) is 36.4. The average Bonchev–Trinajstić information content (AvgIpc) is 2.73. The number of urea groups is 1. The minimum atomic E-state index is -1.01. The van der Waals surface area contributed by atoms with Crippen molar-refractivity contribution in [2.75, 3.05) is 7.05 Å². The van der Waals surface area contributed by atoms with E-state index in [1.165, 1.54) is 7.05 Å². The molecule has 100 valence electrons. The molecule has 4 amide bonds. The Morgan fingerprint density at radius 1 is 1.17 bits per heavy atom. The summed E-state index contributed by atoms with van der Waals surface area (Å²) in [5.41, 5.74) is -1.01. The average molecular weight is 252 g/mol. The number of hydrogen-bond donors (Lipinski definition) is 1. The van der Waals surface area contributed by atoms with Crippen LogP contribution < -0.4 is 5.32 Å². The van der Waals surface area contributed by atoms with E-state index < -0.39 is 11.4 Å². The van der Waals surface area contributed by atoms with Crippen molar-refractivity contribution in [3.63, 3.8) is 0 Å². The Morgan fingerprint density at radius 3 is 2.11 bits per heavy atom. The highest BCUT2D eigenvalue weighted by Gasteiger charge is 2.63. The summed E-state index contributed by atoms with van der Waals surface area (Å²) in [7, 11) is 1.45. The molecule has 0 bridgehead atoms. The Morgan fingerprint density at radius 2 is 1.67 bits per heavy atom. The van der Waals surface area contributed by atoms with Crippen molar-refractivity contribution < 1.29 is 14.4 Å². The lowest BCUT2D eigenvalue weighted by atomic mass is 9.67. The molecule has 5 nitrogen and oxygen atoms in total. The van der Waals surface area contributed by atoms with Gasteiger partial charge in [-0.15, -0.1) is 0 Å². The van der Waals surface area contributed by atoms with Gasteiger partial charge in [-0.2, -0.15) is 0 Å². The van der Waals surface area contributed by atoms with Gasteiger partial charge in [-0.1, -0.05) is 26.7 Å². The molecule has 2 unspecified atom stereocenters. The van der Waals surface area contributed by atoms with E-state index in [1.807, 2.05) is 13.8 Å². The van der Waals surface area contributed by atoms with Crippen molar-refractivity contribution in [1.29, 1.82) is 0 Å². The van der Waals surface area contributed by atoms with Crippen LogP contribution in [0.2, 0.25) is 0 Å². The molecule has 0 radical (unpaired) electrons. The Kier molecular flexibility index (Phi) is 3.17. The lowest BCUT2D eigenvalue weighted by molar-refractivity contribution is -0.157. The number of amides is 4. The minimum Gasteiger partial charge on any atom is -0.277 e. The van der Waals surface area contributed by atoms with Crippen LogP contribution in [0.25, 0.3) is 0 Å². The van der Waals surface area contributed by atoms with Crippen molar-refractivity contribution in [3.8, 4) is 0 Å². The maximum atomic E-state index is 12.6. The Hall–Kier alpha value is -1.39. The number of barbiturate groups is 1. The summed E-state index contributed by atoms with van der Waals surface area (Å²) in [5.74, 6) is -0.602. The third kappa shape index (κ3) is 1.42. The molecule has 18 heavy (non-hydrogen) atoms. The van der Waals surface area contributed by atoms with Gasteiger partial charge in [0.2, 0.25) is 11.8 Å². The first-order chi connectivity index (χ1) is 8.49. The highest BCUT2D eigenvalue weighted by atomic mass is 16.2. The van der Waals surface area contributed by atoms with Crippen LogP contribution in [0.3, 0.4) is 0 Å². The molecule has 2 aliphatic rings. The fourth-order valence-corrected chi connectivity index (χ4v) is 3.71. The van der Waals surface area contributed by atoms with Gasteiger partial charge in [-0.25, -0.2) is 4.79 Å². The van der Waals surface area contributed by atoms with Crippen molar-refractivity contribution in [2.45, 2.75) is 39.5 Å². The largest absolute Gasteiger partial charge is 0.330 e. The minimum absolute atomic E-state index is 0.0468. The van der Waals surface area contributed by atoms with Gasteiger partial charge in [0.1, 0.15) is 5.41 Å². The Labute approximate surface area is 107 Å². The van der Waals surface area contributed by atoms with E-state index in [2.05, 4.69) is 5.32 Å². The van der Waals surface area contributed by atoms with E-state index in [0.717, 1.165) is 30.6 Å². The molecule has 0 aromatic heterocycles. The van der Waals surface area contributed by atoms with Crippen molar-refractivity contribution in [1.82, 2.24) is 10.2 Å². The number of carbonyl (C=O) groups is 3. The van der Waals surface area contributed by atoms with E-state index in [4.69, 9.17) is 0 Å². The van der Waals surface area contributed by atoms with Gasteiger partial charge < -0.3 is 0 Å². The van der Waals surface area contributed by atoms with Gasteiger partial charge in [0.15, 0.2) is 0 Å². The number of nitrogens with zero attached hydrogens (tertiary/aromatic N) is 1. The monoisotopic (exact) mass is 252 g/mol. The van der Waals surface area contributed by atoms with Gasteiger partial charge in [-0.3, -0.25) is 19.8 Å². The van der Waals surface area contributed by atoms with Crippen LogP contribution in [-0.4, -0.2) is 29.8 Å². The van der Waals surface area contributed by atoms with Crippen molar-refractivity contribution in [2.24, 2.45) is 17.3 Å². The molecule has 2 atom stereocenters. The molecule has 1 saturated heterocycles. The van der Waals surface area contributed by atoms with Crippen LogP contribution in [0.4, 0.5) is 4.79 Å². The molecule has 2 fully saturated rings. The molecule has 1 saturated carbocycles. The lowest BCUT2D eigenvalue weighted by Gasteiger charge is -2.42. The maximum Gasteiger partial charge on any atom is 0.330 e. The van der Waals surface area contributed by atoms with Gasteiger partial charge in [0, 0.05) is 7.05 Å². The second kappa shape index (κ2) is 4.37. The van der Waals surface area contributed by atoms with Crippen LogP contribution in [0.1, 0.15) is 39.5 Å². The summed E-state index contributed by atoms with van der Waals surface area (Å²) in [4.78, 5) is 37.5. The quantitative estimate of drug-likeness (QED) is 0.758. The predicted octanol–water partition coefficient (Wildman–Crippen LogP) is 1.53. The van der Waals surface area contributed by atoms with Crippen molar-refractivity contribution >= 4 is 17.8 Å². The topological polar surface area (TPSA) is 66.5 Å². The van der Waals surface area contributed by atoms with Crippen LogP contribution in [0.5, 0.6) is 0 Å². The molecular formula is C13H20N2O3. The second-order valence-electron chi connectivity index (χ2n) is 5.28. The molecule has 0 aromatic rings. The Balaban J connectivity index is 2.50. The first-order valence-corrected chi connectivity index (χ1v) is 6.63. The third-order valence-electron chi connectivity index (χ3n) is 4.70. The summed E-state index contributed by atoms with van der Waals surface area (Å²) in [6.07, 6.45) is 3.35. The van der Waals surface area contributed by atoms with Crippen molar-refractivity contribution in [3.05, 3.63) is 0 Å². The zero-order valence-electron chi connectivity index (χ0n) is 11.2. The summed E-state index contributed by atoms with van der Waals surface area (Å²) in [6.45, 7) is 4.00. The summed E-state index contributed by atoms with van der Waals surface area (Å²) in [5, 5.41) is 2.35. The van der Waals surface area contributed by atoms with Crippen LogP contribution in [0.15, 0.2) is 0 Å². The van der Waals surface area contributed by atoms with E-state index in [9.17, 15) is 14.4 Å². The number of hydrogen-bond acceptors (Lipinski definition) is 3. The van der Waals surface area contributed by atoms with E-state index in [1.54, 1.807) is 0 Å². The first-order valence-electron chi connectivity index (χ1n) is 6.63. The number of nitrogens with one attached hydrogen (secondary N) is 1. The highest BCUT2D eigenvalue weighted by molar-refractivity contribution is 6.19. The Bertz CT molecular complexity index is 393. The zero-order chi connectivity index (χ0) is 13.5. The fourth-order valence-electron chi connectivity index (χ4n) is 3.71. The summed E-state index contributed by atoms with van der Waals surface area (Å²) < 4.78 is 0. The fraction of sp³-hybridized carbons (Fsp3) is 0.769. The second-order valence-corrected chi connectivity index (χ2v) is 5.28. The number of rotatable bonds is 2. The summed E-state index contributed by atoms with van der Waals surface area (Å²) >= 11 is 0. The van der Waals surface area contributed by atoms with Gasteiger partial charge in [-0.05, 0) is 24.7 Å². The third-order valence-corrected chi connectivity index (χ3v) is 4.70. The van der Waals surface area contributed by atoms with E-state index >= 15 is 0 Å². The van der Waals surface area contributed by atoms with Crippen LogP contribution >= 0.6 is 0 Å². The molecule has 2 rings (SSSR count). The maximum absolute atomic E-state index is 12.6. The van der Waals surface area contributed by atoms with Gasteiger partial charge >= 0.3 is 6.03 Å². The van der Waals surface area contributed by atoms with Gasteiger partial charge in [0.25, 0.3) is 0 Å². The SMILES string of the molecule is CCC1CCC(CC)C12C(=O)NC(=O)N(C)C2=O.